The molecule has 1 fully saturated rings. The lowest BCUT2D eigenvalue weighted by Crippen LogP contribution is -2.43. The number of ether oxygens (including phenoxy) is 1. The quantitative estimate of drug-likeness (QED) is 0.508. The Hall–Kier alpha value is -1.91. The highest BCUT2D eigenvalue weighted by atomic mass is 16.5. The number of nitrogens with two attached hydrogens (primary N) is 1. The lowest BCUT2D eigenvalue weighted by Gasteiger charge is -2.17. The number of hydrazine groups is 1. The molecule has 1 aliphatic heterocycles. The number of hydrogen-bond donors (Lipinski definition) is 1. The Bertz CT molecular complexity index is 607. The zero-order valence-corrected chi connectivity index (χ0v) is 10.6. The van der Waals surface area contributed by atoms with Crippen molar-refractivity contribution in [2.75, 3.05) is 6.54 Å². The molecule has 19 heavy (non-hydrogen) atoms. The van der Waals surface area contributed by atoms with Crippen molar-refractivity contribution in [3.8, 4) is 5.75 Å². The van der Waals surface area contributed by atoms with E-state index in [1.165, 1.54) is 0 Å². The van der Waals surface area contributed by atoms with Crippen molar-refractivity contribution in [2.24, 2.45) is 5.84 Å². The van der Waals surface area contributed by atoms with Crippen molar-refractivity contribution < 1.29 is 9.53 Å². The van der Waals surface area contributed by atoms with Crippen molar-refractivity contribution >= 4 is 16.7 Å². The summed E-state index contributed by atoms with van der Waals surface area (Å²) in [5, 5.41) is 3.57. The van der Waals surface area contributed by atoms with Crippen LogP contribution < -0.4 is 10.6 Å². The first-order valence-corrected chi connectivity index (χ1v) is 6.46. The molecule has 0 spiro atoms. The van der Waals surface area contributed by atoms with Crippen LogP contribution in [0.4, 0.5) is 0 Å². The van der Waals surface area contributed by atoms with Gasteiger partial charge in [0.05, 0.1) is 0 Å². The van der Waals surface area contributed by atoms with Crippen LogP contribution in [0.3, 0.4) is 0 Å². The van der Waals surface area contributed by atoms with Crippen LogP contribution in [0, 0.1) is 0 Å². The number of carbonyl (C=O) groups is 1. The molecule has 1 atom stereocenters. The zero-order chi connectivity index (χ0) is 13.2. The highest BCUT2D eigenvalue weighted by molar-refractivity contribution is 5.91. The molecule has 0 unspecified atom stereocenters. The maximum atomic E-state index is 12.1. The molecule has 1 aliphatic rings. The molecule has 4 heteroatoms. The molecule has 0 aromatic heterocycles. The fourth-order valence-electron chi connectivity index (χ4n) is 2.50. The van der Waals surface area contributed by atoms with E-state index >= 15 is 0 Å². The Labute approximate surface area is 111 Å². The minimum absolute atomic E-state index is 0.267. The van der Waals surface area contributed by atoms with Crippen LogP contribution in [0.1, 0.15) is 12.8 Å². The van der Waals surface area contributed by atoms with E-state index in [2.05, 4.69) is 0 Å². The summed E-state index contributed by atoms with van der Waals surface area (Å²) in [5.74, 6) is 6.11. The Balaban J connectivity index is 1.87. The molecule has 2 aromatic rings. The lowest BCUT2D eigenvalue weighted by molar-refractivity contribution is -0.139. The van der Waals surface area contributed by atoms with Gasteiger partial charge in [0.1, 0.15) is 11.8 Å². The fourth-order valence-corrected chi connectivity index (χ4v) is 2.50. The van der Waals surface area contributed by atoms with E-state index in [1.54, 1.807) is 5.01 Å². The normalized spacial score (nSPS) is 19.7. The van der Waals surface area contributed by atoms with Crippen LogP contribution in [-0.4, -0.2) is 23.6 Å². The van der Waals surface area contributed by atoms with Crippen LogP contribution in [0.2, 0.25) is 0 Å². The summed E-state index contributed by atoms with van der Waals surface area (Å²) in [4.78, 5) is 12.1. The molecule has 0 radical (unpaired) electrons. The van der Waals surface area contributed by atoms with Gasteiger partial charge in [-0.15, -0.1) is 0 Å². The van der Waals surface area contributed by atoms with E-state index in [4.69, 9.17) is 10.6 Å². The average molecular weight is 256 g/mol. The Kier molecular flexibility index (Phi) is 3.19. The number of nitrogens with zero attached hydrogens (tertiary/aromatic N) is 1. The van der Waals surface area contributed by atoms with E-state index in [0.29, 0.717) is 5.75 Å². The summed E-state index contributed by atoms with van der Waals surface area (Å²) in [6.45, 7) is 0.745. The average Bonchev–Trinajstić information content (AvgIpc) is 2.85. The highest BCUT2D eigenvalue weighted by Gasteiger charge is 2.30. The Morgan fingerprint density at radius 2 is 2.00 bits per heavy atom. The molecular formula is C15H16N2O2. The van der Waals surface area contributed by atoms with E-state index in [9.17, 15) is 4.79 Å². The van der Waals surface area contributed by atoms with Gasteiger partial charge >= 0.3 is 5.97 Å². The third kappa shape index (κ3) is 2.32. The van der Waals surface area contributed by atoms with Gasteiger partial charge in [0.15, 0.2) is 0 Å². The summed E-state index contributed by atoms with van der Waals surface area (Å²) in [6, 6.07) is 13.2. The van der Waals surface area contributed by atoms with Gasteiger partial charge in [-0.1, -0.05) is 36.4 Å². The lowest BCUT2D eigenvalue weighted by atomic mass is 10.1. The van der Waals surface area contributed by atoms with Crippen molar-refractivity contribution in [2.45, 2.75) is 18.9 Å². The molecule has 3 rings (SSSR count). The fraction of sp³-hybridized carbons (Fsp3) is 0.267. The molecule has 0 saturated carbocycles. The maximum absolute atomic E-state index is 12.1. The summed E-state index contributed by atoms with van der Waals surface area (Å²) in [7, 11) is 0. The van der Waals surface area contributed by atoms with Crippen LogP contribution in [0.5, 0.6) is 5.75 Å². The molecule has 1 heterocycles. The smallest absolute Gasteiger partial charge is 0.330 e. The van der Waals surface area contributed by atoms with Crippen LogP contribution in [0.15, 0.2) is 42.5 Å². The molecule has 2 aromatic carbocycles. The molecule has 98 valence electrons. The first kappa shape index (κ1) is 12.1. The molecule has 0 amide bonds. The van der Waals surface area contributed by atoms with Gasteiger partial charge in [0.2, 0.25) is 0 Å². The standard InChI is InChI=1S/C15H16N2O2/c16-17-10-4-8-13(17)15(18)19-14-9-3-6-11-5-1-2-7-12(11)14/h1-3,5-7,9,13H,4,8,10,16H2/t13-/m0/s1. The van der Waals surface area contributed by atoms with Crippen LogP contribution >= 0.6 is 0 Å². The van der Waals surface area contributed by atoms with Gasteiger partial charge in [-0.3, -0.25) is 5.84 Å². The minimum atomic E-state index is -0.320. The molecular weight excluding hydrogens is 240 g/mol. The van der Waals surface area contributed by atoms with E-state index in [-0.39, 0.29) is 12.0 Å². The first-order chi connectivity index (χ1) is 9.25. The number of carbonyl (C=O) groups excluding carboxylic acids is 1. The second kappa shape index (κ2) is 4.99. The molecule has 0 bridgehead atoms. The molecule has 1 saturated heterocycles. The van der Waals surface area contributed by atoms with Gasteiger partial charge in [0.25, 0.3) is 0 Å². The summed E-state index contributed by atoms with van der Waals surface area (Å²) >= 11 is 0. The predicted octanol–water partition coefficient (Wildman–Crippen LogP) is 2.08. The summed E-state index contributed by atoms with van der Waals surface area (Å²) in [5.41, 5.74) is 0. The monoisotopic (exact) mass is 256 g/mol. The third-order valence-corrected chi connectivity index (χ3v) is 3.53. The van der Waals surface area contributed by atoms with Crippen molar-refractivity contribution in [1.29, 1.82) is 0 Å². The van der Waals surface area contributed by atoms with Crippen molar-refractivity contribution in [3.05, 3.63) is 42.5 Å². The Morgan fingerprint density at radius 3 is 2.79 bits per heavy atom. The summed E-state index contributed by atoms with van der Waals surface area (Å²) in [6.07, 6.45) is 1.70. The van der Waals surface area contributed by atoms with Crippen LogP contribution in [-0.2, 0) is 4.79 Å². The van der Waals surface area contributed by atoms with Gasteiger partial charge in [-0.2, -0.15) is 0 Å². The van der Waals surface area contributed by atoms with Crippen LogP contribution in [0.25, 0.3) is 10.8 Å². The number of benzene rings is 2. The largest absolute Gasteiger partial charge is 0.425 e. The second-order valence-electron chi connectivity index (χ2n) is 4.79. The summed E-state index contributed by atoms with van der Waals surface area (Å²) < 4.78 is 5.52. The SMILES string of the molecule is NN1CCC[C@H]1C(=O)Oc1cccc2ccccc12. The molecule has 0 aliphatic carbocycles. The number of esters is 1. The third-order valence-electron chi connectivity index (χ3n) is 3.53. The van der Waals surface area contributed by atoms with Crippen molar-refractivity contribution in [1.82, 2.24) is 5.01 Å². The molecule has 4 nitrogen and oxygen atoms in total. The minimum Gasteiger partial charge on any atom is -0.425 e. The van der Waals surface area contributed by atoms with Gasteiger partial charge in [-0.25, -0.2) is 9.80 Å². The topological polar surface area (TPSA) is 55.6 Å². The number of hydrogen-bond acceptors (Lipinski definition) is 4. The predicted molar refractivity (Wildman–Crippen MR) is 73.5 cm³/mol. The van der Waals surface area contributed by atoms with E-state index < -0.39 is 0 Å². The Morgan fingerprint density at radius 1 is 1.21 bits per heavy atom. The van der Waals surface area contributed by atoms with Gasteiger partial charge < -0.3 is 4.74 Å². The molecule has 2 N–H and O–H groups in total. The number of rotatable bonds is 2. The second-order valence-corrected chi connectivity index (χ2v) is 4.79. The van der Waals surface area contributed by atoms with Gasteiger partial charge in [-0.05, 0) is 24.3 Å². The van der Waals surface area contributed by atoms with E-state index in [0.717, 1.165) is 30.2 Å². The van der Waals surface area contributed by atoms with Gasteiger partial charge in [0, 0.05) is 11.9 Å². The van der Waals surface area contributed by atoms with Crippen molar-refractivity contribution in [3.63, 3.8) is 0 Å². The maximum Gasteiger partial charge on any atom is 0.330 e. The first-order valence-electron chi connectivity index (χ1n) is 6.46. The highest BCUT2D eigenvalue weighted by Crippen LogP contribution is 2.26. The zero-order valence-electron chi connectivity index (χ0n) is 10.6. The van der Waals surface area contributed by atoms with E-state index in [1.807, 2.05) is 42.5 Å². The number of fused-ring (bicyclic) bond motifs is 1.